The predicted molar refractivity (Wildman–Crippen MR) is 77.8 cm³/mol. The Morgan fingerprint density at radius 2 is 2.28 bits per heavy atom. The van der Waals surface area contributed by atoms with Gasteiger partial charge in [0.1, 0.15) is 5.54 Å². The minimum Gasteiger partial charge on any atom is -0.377 e. The molecule has 1 heterocycles. The van der Waals surface area contributed by atoms with Gasteiger partial charge in [0, 0.05) is 17.9 Å². The SMILES string of the molecule is CC(C)NC(C)(C#N)CCCSC1CCOC1C. The molecule has 0 aromatic rings. The monoisotopic (exact) mass is 270 g/mol. The van der Waals surface area contributed by atoms with Crippen molar-refractivity contribution in [2.24, 2.45) is 0 Å². The lowest BCUT2D eigenvalue weighted by molar-refractivity contribution is 0.127. The molecule has 0 aliphatic carbocycles. The molecule has 0 aromatic carbocycles. The molecule has 3 atom stereocenters. The Bertz CT molecular complexity index is 290. The zero-order chi connectivity index (χ0) is 13.6. The Hall–Kier alpha value is -0.240. The van der Waals surface area contributed by atoms with Crippen molar-refractivity contribution in [3.05, 3.63) is 0 Å². The molecule has 1 N–H and O–H groups in total. The molecule has 3 nitrogen and oxygen atoms in total. The van der Waals surface area contributed by atoms with E-state index in [1.165, 1.54) is 6.42 Å². The maximum absolute atomic E-state index is 9.25. The summed E-state index contributed by atoms with van der Waals surface area (Å²) >= 11 is 2.00. The molecule has 4 heteroatoms. The first-order chi connectivity index (χ1) is 8.47. The van der Waals surface area contributed by atoms with Crippen molar-refractivity contribution < 1.29 is 4.74 Å². The number of thioether (sulfide) groups is 1. The van der Waals surface area contributed by atoms with E-state index >= 15 is 0 Å². The van der Waals surface area contributed by atoms with E-state index in [1.54, 1.807) is 0 Å². The number of nitrogens with zero attached hydrogens (tertiary/aromatic N) is 1. The third-order valence-corrected chi connectivity index (χ3v) is 4.89. The molecule has 1 fully saturated rings. The van der Waals surface area contributed by atoms with Gasteiger partial charge in [-0.05, 0) is 52.7 Å². The van der Waals surface area contributed by atoms with E-state index in [1.807, 2.05) is 18.7 Å². The summed E-state index contributed by atoms with van der Waals surface area (Å²) in [6.07, 6.45) is 3.56. The summed E-state index contributed by atoms with van der Waals surface area (Å²) in [6, 6.07) is 2.75. The van der Waals surface area contributed by atoms with Gasteiger partial charge in [0.25, 0.3) is 0 Å². The van der Waals surface area contributed by atoms with Gasteiger partial charge in [-0.3, -0.25) is 5.32 Å². The molecule has 0 saturated carbocycles. The molecule has 1 aliphatic heterocycles. The maximum atomic E-state index is 9.25. The minimum absolute atomic E-state index is 0.352. The zero-order valence-electron chi connectivity index (χ0n) is 12.0. The largest absolute Gasteiger partial charge is 0.377 e. The molecule has 104 valence electrons. The zero-order valence-corrected chi connectivity index (χ0v) is 12.8. The van der Waals surface area contributed by atoms with Crippen molar-refractivity contribution in [1.82, 2.24) is 5.32 Å². The van der Waals surface area contributed by atoms with Crippen LogP contribution >= 0.6 is 11.8 Å². The Morgan fingerprint density at radius 3 is 2.78 bits per heavy atom. The molecule has 18 heavy (non-hydrogen) atoms. The van der Waals surface area contributed by atoms with Crippen LogP contribution in [0.3, 0.4) is 0 Å². The first kappa shape index (κ1) is 15.8. The number of hydrogen-bond acceptors (Lipinski definition) is 4. The van der Waals surface area contributed by atoms with Gasteiger partial charge >= 0.3 is 0 Å². The van der Waals surface area contributed by atoms with Crippen LogP contribution in [0.4, 0.5) is 0 Å². The molecule has 0 aromatic heterocycles. The van der Waals surface area contributed by atoms with Crippen LogP contribution < -0.4 is 5.32 Å². The normalized spacial score (nSPS) is 27.1. The fourth-order valence-corrected chi connectivity index (χ4v) is 3.62. The van der Waals surface area contributed by atoms with Crippen LogP contribution in [0.1, 0.15) is 47.0 Å². The fraction of sp³-hybridized carbons (Fsp3) is 0.929. The minimum atomic E-state index is -0.382. The van der Waals surface area contributed by atoms with Gasteiger partial charge in [-0.25, -0.2) is 0 Å². The van der Waals surface area contributed by atoms with Crippen molar-refractivity contribution in [1.29, 1.82) is 5.26 Å². The highest BCUT2D eigenvalue weighted by molar-refractivity contribution is 7.99. The van der Waals surface area contributed by atoms with Gasteiger partial charge in [0.15, 0.2) is 0 Å². The Labute approximate surface area is 116 Å². The number of rotatable bonds is 7. The summed E-state index contributed by atoms with van der Waals surface area (Å²) in [6.45, 7) is 9.23. The second-order valence-corrected chi connectivity index (χ2v) is 6.97. The van der Waals surface area contributed by atoms with E-state index in [0.717, 1.165) is 25.2 Å². The summed E-state index contributed by atoms with van der Waals surface area (Å²) in [7, 11) is 0. The van der Waals surface area contributed by atoms with E-state index in [4.69, 9.17) is 4.74 Å². The molecular weight excluding hydrogens is 244 g/mol. The summed E-state index contributed by atoms with van der Waals surface area (Å²) < 4.78 is 5.55. The van der Waals surface area contributed by atoms with Crippen LogP contribution in [0.15, 0.2) is 0 Å². The van der Waals surface area contributed by atoms with Crippen molar-refractivity contribution in [3.63, 3.8) is 0 Å². The van der Waals surface area contributed by atoms with Crippen LogP contribution in [0, 0.1) is 11.3 Å². The number of nitrogens with one attached hydrogen (secondary N) is 1. The van der Waals surface area contributed by atoms with Crippen LogP contribution in [0.2, 0.25) is 0 Å². The fourth-order valence-electron chi connectivity index (χ4n) is 2.39. The summed E-state index contributed by atoms with van der Waals surface area (Å²) in [5, 5.41) is 13.2. The standard InChI is InChI=1S/C14H26N2OS/c1-11(2)16-14(4,10-15)7-5-9-18-13-6-8-17-12(13)3/h11-13,16H,5-9H2,1-4H3. The second-order valence-electron chi connectivity index (χ2n) is 5.62. The molecule has 0 spiro atoms. The molecular formula is C14H26N2OS. The average Bonchev–Trinajstić information content (AvgIpc) is 2.70. The van der Waals surface area contributed by atoms with Gasteiger partial charge in [0.2, 0.25) is 0 Å². The molecule has 1 saturated heterocycles. The van der Waals surface area contributed by atoms with E-state index < -0.39 is 0 Å². The second kappa shape index (κ2) is 7.37. The smallest absolute Gasteiger partial charge is 0.104 e. The predicted octanol–water partition coefficient (Wildman–Crippen LogP) is 2.96. The molecule has 3 unspecified atom stereocenters. The lowest BCUT2D eigenvalue weighted by Gasteiger charge is -2.26. The van der Waals surface area contributed by atoms with Crippen LogP contribution in [0.5, 0.6) is 0 Å². The van der Waals surface area contributed by atoms with Crippen molar-refractivity contribution in [2.75, 3.05) is 12.4 Å². The van der Waals surface area contributed by atoms with E-state index in [-0.39, 0.29) is 5.54 Å². The van der Waals surface area contributed by atoms with E-state index in [2.05, 4.69) is 32.2 Å². The Balaban J connectivity index is 2.21. The number of hydrogen-bond donors (Lipinski definition) is 1. The van der Waals surface area contributed by atoms with E-state index in [0.29, 0.717) is 17.4 Å². The van der Waals surface area contributed by atoms with Crippen molar-refractivity contribution >= 4 is 11.8 Å². The summed E-state index contributed by atoms with van der Waals surface area (Å²) in [4.78, 5) is 0. The van der Waals surface area contributed by atoms with Gasteiger partial charge in [-0.2, -0.15) is 17.0 Å². The Kier molecular flexibility index (Phi) is 6.48. The highest BCUT2D eigenvalue weighted by Gasteiger charge is 2.26. The topological polar surface area (TPSA) is 45.0 Å². The quantitative estimate of drug-likeness (QED) is 0.722. The highest BCUT2D eigenvalue weighted by atomic mass is 32.2. The third kappa shape index (κ3) is 5.17. The molecule has 1 aliphatic rings. The average molecular weight is 270 g/mol. The first-order valence-electron chi connectivity index (χ1n) is 6.89. The maximum Gasteiger partial charge on any atom is 0.104 e. The molecule has 0 radical (unpaired) electrons. The Morgan fingerprint density at radius 1 is 1.56 bits per heavy atom. The van der Waals surface area contributed by atoms with Crippen LogP contribution in [-0.2, 0) is 4.74 Å². The summed E-state index contributed by atoms with van der Waals surface area (Å²) in [5.74, 6) is 1.12. The lowest BCUT2D eigenvalue weighted by Crippen LogP contribution is -2.45. The lowest BCUT2D eigenvalue weighted by atomic mass is 9.97. The van der Waals surface area contributed by atoms with Crippen molar-refractivity contribution in [2.45, 2.75) is 69.9 Å². The molecule has 1 rings (SSSR count). The number of nitriles is 1. The summed E-state index contributed by atoms with van der Waals surface area (Å²) in [5.41, 5.74) is -0.382. The number of ether oxygens (including phenoxy) is 1. The molecule has 0 bridgehead atoms. The van der Waals surface area contributed by atoms with Gasteiger partial charge in [0.05, 0.1) is 12.2 Å². The van der Waals surface area contributed by atoms with Gasteiger partial charge in [-0.15, -0.1) is 0 Å². The van der Waals surface area contributed by atoms with Gasteiger partial charge < -0.3 is 4.74 Å². The van der Waals surface area contributed by atoms with Crippen LogP contribution in [-0.4, -0.2) is 35.3 Å². The van der Waals surface area contributed by atoms with E-state index in [9.17, 15) is 5.26 Å². The third-order valence-electron chi connectivity index (χ3n) is 3.31. The van der Waals surface area contributed by atoms with Crippen molar-refractivity contribution in [3.8, 4) is 6.07 Å². The van der Waals surface area contributed by atoms with Crippen LogP contribution in [0.25, 0.3) is 0 Å². The first-order valence-corrected chi connectivity index (χ1v) is 7.94. The van der Waals surface area contributed by atoms with Gasteiger partial charge in [-0.1, -0.05) is 0 Å². The highest BCUT2D eigenvalue weighted by Crippen LogP contribution is 2.27. The molecule has 0 amide bonds.